The van der Waals surface area contributed by atoms with Gasteiger partial charge in [-0.25, -0.2) is 0 Å². The number of amides is 2. The van der Waals surface area contributed by atoms with Crippen molar-refractivity contribution in [3.8, 4) is 23.0 Å². The van der Waals surface area contributed by atoms with Gasteiger partial charge in [0, 0.05) is 18.0 Å². The molecule has 35 heavy (non-hydrogen) atoms. The predicted octanol–water partition coefficient (Wildman–Crippen LogP) is 3.69. The van der Waals surface area contributed by atoms with Gasteiger partial charge in [0.1, 0.15) is 18.1 Å². The Morgan fingerprint density at radius 2 is 1.51 bits per heavy atom. The van der Waals surface area contributed by atoms with Crippen molar-refractivity contribution < 1.29 is 28.5 Å². The van der Waals surface area contributed by atoms with E-state index in [1.54, 1.807) is 61.8 Å². The third-order valence-corrected chi connectivity index (χ3v) is 4.77. The van der Waals surface area contributed by atoms with Gasteiger partial charge in [-0.05, 0) is 80.9 Å². The molecule has 1 heterocycles. The minimum Gasteiger partial charge on any atom is -0.494 e. The highest BCUT2D eigenvalue weighted by Crippen LogP contribution is 2.29. The molecule has 1 atom stereocenters. The summed E-state index contributed by atoms with van der Waals surface area (Å²) in [6, 6.07) is 15.4. The lowest BCUT2D eigenvalue weighted by atomic mass is 10.2. The number of carbonyl (C=O) groups excluding carboxylic acids is 2. The first kappa shape index (κ1) is 25.4. The molecule has 0 fully saturated rings. The SMILES string of the molecule is CCOc1ccc(OC(C)C(=O)NNC(=O)c2ccc(OCc3ccncc3)c(OCC)c2)cc1. The Hall–Kier alpha value is -4.27. The van der Waals surface area contributed by atoms with Gasteiger partial charge in [0.15, 0.2) is 17.6 Å². The molecule has 0 bridgehead atoms. The van der Waals surface area contributed by atoms with E-state index in [2.05, 4.69) is 15.8 Å². The maximum Gasteiger partial charge on any atom is 0.279 e. The summed E-state index contributed by atoms with van der Waals surface area (Å²) in [5.41, 5.74) is 6.02. The van der Waals surface area contributed by atoms with Gasteiger partial charge < -0.3 is 18.9 Å². The van der Waals surface area contributed by atoms with E-state index in [-0.39, 0.29) is 0 Å². The number of pyridine rings is 1. The molecule has 2 amide bonds. The fraction of sp³-hybridized carbons (Fsp3) is 0.269. The van der Waals surface area contributed by atoms with Crippen LogP contribution in [0.2, 0.25) is 0 Å². The molecule has 0 radical (unpaired) electrons. The summed E-state index contributed by atoms with van der Waals surface area (Å²) in [7, 11) is 0. The van der Waals surface area contributed by atoms with E-state index in [0.29, 0.717) is 48.4 Å². The van der Waals surface area contributed by atoms with Gasteiger partial charge in [0.05, 0.1) is 13.2 Å². The van der Waals surface area contributed by atoms with Gasteiger partial charge in [-0.1, -0.05) is 0 Å². The summed E-state index contributed by atoms with van der Waals surface area (Å²) in [5, 5.41) is 0. The van der Waals surface area contributed by atoms with Gasteiger partial charge in [0.25, 0.3) is 11.8 Å². The molecule has 3 rings (SSSR count). The van der Waals surface area contributed by atoms with Gasteiger partial charge in [-0.15, -0.1) is 0 Å². The molecule has 1 aromatic heterocycles. The van der Waals surface area contributed by atoms with E-state index in [1.807, 2.05) is 26.0 Å². The zero-order chi connectivity index (χ0) is 25.0. The van der Waals surface area contributed by atoms with E-state index in [0.717, 1.165) is 5.56 Å². The Bertz CT molecular complexity index is 1110. The van der Waals surface area contributed by atoms with E-state index in [1.165, 1.54) is 0 Å². The quantitative estimate of drug-likeness (QED) is 0.404. The third-order valence-electron chi connectivity index (χ3n) is 4.77. The third kappa shape index (κ3) is 7.63. The van der Waals surface area contributed by atoms with Crippen LogP contribution in [0.5, 0.6) is 23.0 Å². The first-order chi connectivity index (χ1) is 17.0. The number of nitrogens with zero attached hydrogens (tertiary/aromatic N) is 1. The monoisotopic (exact) mass is 479 g/mol. The number of aromatic nitrogens is 1. The van der Waals surface area contributed by atoms with Crippen LogP contribution in [0.3, 0.4) is 0 Å². The van der Waals surface area contributed by atoms with E-state index in [9.17, 15) is 9.59 Å². The standard InChI is InChI=1S/C26H29N3O6/c1-4-32-21-7-9-22(10-8-21)35-18(3)25(30)28-29-26(31)20-6-11-23(24(16-20)33-5-2)34-17-19-12-14-27-15-13-19/h6-16,18H,4-5,17H2,1-3H3,(H,28,30)(H,29,31). The molecule has 3 aromatic rings. The summed E-state index contributed by atoms with van der Waals surface area (Å²) in [5.74, 6) is 1.13. The molecule has 2 N–H and O–H groups in total. The number of nitrogens with one attached hydrogen (secondary N) is 2. The number of hydrogen-bond donors (Lipinski definition) is 2. The largest absolute Gasteiger partial charge is 0.494 e. The Morgan fingerprint density at radius 3 is 2.20 bits per heavy atom. The second kappa shape index (κ2) is 12.8. The highest BCUT2D eigenvalue weighted by Gasteiger charge is 2.17. The summed E-state index contributed by atoms with van der Waals surface area (Å²) >= 11 is 0. The van der Waals surface area contributed by atoms with Crippen LogP contribution in [0.4, 0.5) is 0 Å². The molecule has 0 saturated carbocycles. The maximum atomic E-state index is 12.6. The van der Waals surface area contributed by atoms with Crippen LogP contribution in [-0.2, 0) is 11.4 Å². The molecule has 1 unspecified atom stereocenters. The fourth-order valence-corrected chi connectivity index (χ4v) is 3.01. The fourth-order valence-electron chi connectivity index (χ4n) is 3.01. The second-order valence-electron chi connectivity index (χ2n) is 7.35. The molecule has 9 heteroatoms. The number of hydrazine groups is 1. The average Bonchev–Trinajstić information content (AvgIpc) is 2.88. The molecule has 0 aliphatic carbocycles. The van der Waals surface area contributed by atoms with Crippen LogP contribution in [0.15, 0.2) is 67.0 Å². The van der Waals surface area contributed by atoms with Crippen molar-refractivity contribution in [2.75, 3.05) is 13.2 Å². The first-order valence-electron chi connectivity index (χ1n) is 11.3. The molecule has 184 valence electrons. The summed E-state index contributed by atoms with van der Waals surface area (Å²) in [4.78, 5) is 28.9. The Kier molecular flexibility index (Phi) is 9.30. The zero-order valence-corrected chi connectivity index (χ0v) is 19.9. The van der Waals surface area contributed by atoms with Crippen LogP contribution in [0, 0.1) is 0 Å². The van der Waals surface area contributed by atoms with Gasteiger partial charge in [-0.2, -0.15) is 0 Å². The molecule has 9 nitrogen and oxygen atoms in total. The van der Waals surface area contributed by atoms with Crippen molar-refractivity contribution in [3.05, 3.63) is 78.1 Å². The smallest absolute Gasteiger partial charge is 0.279 e. The summed E-state index contributed by atoms with van der Waals surface area (Å²) < 4.78 is 22.5. The van der Waals surface area contributed by atoms with Crippen LogP contribution < -0.4 is 29.8 Å². The molecule has 0 aliphatic heterocycles. The Labute approximate surface area is 204 Å². The summed E-state index contributed by atoms with van der Waals surface area (Å²) in [6.07, 6.45) is 2.54. The number of carbonyl (C=O) groups is 2. The topological polar surface area (TPSA) is 108 Å². The molecule has 0 spiro atoms. The van der Waals surface area contributed by atoms with Crippen LogP contribution in [0.25, 0.3) is 0 Å². The van der Waals surface area contributed by atoms with E-state index in [4.69, 9.17) is 18.9 Å². The number of ether oxygens (including phenoxy) is 4. The number of benzene rings is 2. The second-order valence-corrected chi connectivity index (χ2v) is 7.35. The van der Waals surface area contributed by atoms with Crippen molar-refractivity contribution in [1.29, 1.82) is 0 Å². The highest BCUT2D eigenvalue weighted by atomic mass is 16.5. The van der Waals surface area contributed by atoms with Crippen molar-refractivity contribution in [1.82, 2.24) is 15.8 Å². The van der Waals surface area contributed by atoms with Crippen molar-refractivity contribution in [3.63, 3.8) is 0 Å². The number of rotatable bonds is 11. The normalized spacial score (nSPS) is 11.2. The highest BCUT2D eigenvalue weighted by molar-refractivity contribution is 5.96. The molecule has 0 saturated heterocycles. The lowest BCUT2D eigenvalue weighted by Crippen LogP contribution is -2.47. The summed E-state index contributed by atoms with van der Waals surface area (Å²) in [6.45, 7) is 6.61. The lowest BCUT2D eigenvalue weighted by molar-refractivity contribution is -0.128. The van der Waals surface area contributed by atoms with Crippen molar-refractivity contribution >= 4 is 11.8 Å². The average molecular weight is 480 g/mol. The lowest BCUT2D eigenvalue weighted by Gasteiger charge is -2.16. The van der Waals surface area contributed by atoms with Crippen LogP contribution >= 0.6 is 0 Å². The Balaban J connectivity index is 1.55. The van der Waals surface area contributed by atoms with Gasteiger partial charge >= 0.3 is 0 Å². The van der Waals surface area contributed by atoms with Gasteiger partial charge in [-0.3, -0.25) is 25.4 Å². The van der Waals surface area contributed by atoms with Crippen LogP contribution in [0.1, 0.15) is 36.7 Å². The first-order valence-corrected chi connectivity index (χ1v) is 11.3. The molecule has 2 aromatic carbocycles. The molecular weight excluding hydrogens is 450 g/mol. The number of hydrogen-bond acceptors (Lipinski definition) is 7. The van der Waals surface area contributed by atoms with Gasteiger partial charge in [0.2, 0.25) is 0 Å². The minimum absolute atomic E-state index is 0.296. The maximum absolute atomic E-state index is 12.6. The minimum atomic E-state index is -0.837. The van der Waals surface area contributed by atoms with Crippen LogP contribution in [-0.4, -0.2) is 36.1 Å². The van der Waals surface area contributed by atoms with E-state index >= 15 is 0 Å². The predicted molar refractivity (Wildman–Crippen MR) is 129 cm³/mol. The molecule has 0 aliphatic rings. The molecular formula is C26H29N3O6. The van der Waals surface area contributed by atoms with E-state index < -0.39 is 17.9 Å². The van der Waals surface area contributed by atoms with Crippen molar-refractivity contribution in [2.45, 2.75) is 33.5 Å². The Morgan fingerprint density at radius 1 is 0.829 bits per heavy atom. The zero-order valence-electron chi connectivity index (χ0n) is 19.9. The van der Waals surface area contributed by atoms with Crippen molar-refractivity contribution in [2.24, 2.45) is 0 Å².